The van der Waals surface area contributed by atoms with Gasteiger partial charge in [0.1, 0.15) is 6.10 Å². The molecule has 1 aliphatic heterocycles. The minimum Gasteiger partial charge on any atom is -0.460 e. The van der Waals surface area contributed by atoms with Crippen LogP contribution in [0.25, 0.3) is 0 Å². The summed E-state index contributed by atoms with van der Waals surface area (Å²) in [5, 5.41) is 0. The van der Waals surface area contributed by atoms with Gasteiger partial charge in [0.25, 0.3) is 0 Å². The number of rotatable bonds is 8. The standard InChI is InChI=1S/C20H34O3/c1-3-4-5-6-7-8-9-14-19-20(22-16(2)21)15-17-12-10-11-13-18(17)23-19/h8-9,17-20H,3-7,10-15H2,1-2H3/b9-8+/t17-,18+,19-,20+/m0/s1. The molecule has 0 unspecified atom stereocenters. The van der Waals surface area contributed by atoms with E-state index in [9.17, 15) is 4.79 Å². The molecule has 0 bridgehead atoms. The molecule has 4 atom stereocenters. The van der Waals surface area contributed by atoms with Crippen LogP contribution in [0.5, 0.6) is 0 Å². The second kappa shape index (κ2) is 10.1. The zero-order valence-corrected chi connectivity index (χ0v) is 15.0. The van der Waals surface area contributed by atoms with Crippen molar-refractivity contribution in [2.24, 2.45) is 5.92 Å². The molecule has 23 heavy (non-hydrogen) atoms. The van der Waals surface area contributed by atoms with Crippen LogP contribution in [-0.4, -0.2) is 24.3 Å². The highest BCUT2D eigenvalue weighted by Gasteiger charge is 2.39. The molecular formula is C20H34O3. The van der Waals surface area contributed by atoms with Gasteiger partial charge in [-0.2, -0.15) is 0 Å². The number of carbonyl (C=O) groups excluding carboxylic acids is 1. The average molecular weight is 322 g/mol. The van der Waals surface area contributed by atoms with Crippen molar-refractivity contribution in [1.82, 2.24) is 0 Å². The van der Waals surface area contributed by atoms with E-state index < -0.39 is 0 Å². The molecule has 132 valence electrons. The van der Waals surface area contributed by atoms with Crippen molar-refractivity contribution in [3.8, 4) is 0 Å². The Hall–Kier alpha value is -0.830. The van der Waals surface area contributed by atoms with E-state index in [-0.39, 0.29) is 18.2 Å². The molecule has 0 aromatic heterocycles. The molecule has 0 N–H and O–H groups in total. The van der Waals surface area contributed by atoms with Crippen LogP contribution in [0.1, 0.15) is 84.5 Å². The molecule has 2 rings (SSSR count). The summed E-state index contributed by atoms with van der Waals surface area (Å²) in [7, 11) is 0. The monoisotopic (exact) mass is 322 g/mol. The first-order valence-electron chi connectivity index (χ1n) is 9.68. The van der Waals surface area contributed by atoms with Gasteiger partial charge >= 0.3 is 5.97 Å². The van der Waals surface area contributed by atoms with Crippen molar-refractivity contribution >= 4 is 5.97 Å². The first kappa shape index (κ1) is 18.5. The molecule has 0 spiro atoms. The third-order valence-electron chi connectivity index (χ3n) is 5.22. The van der Waals surface area contributed by atoms with Crippen molar-refractivity contribution in [3.63, 3.8) is 0 Å². The number of esters is 1. The van der Waals surface area contributed by atoms with Crippen LogP contribution in [0, 0.1) is 5.92 Å². The fraction of sp³-hybridized carbons (Fsp3) is 0.850. The first-order chi connectivity index (χ1) is 11.2. The molecule has 1 heterocycles. The minimum absolute atomic E-state index is 0.0464. The van der Waals surface area contributed by atoms with Gasteiger partial charge in [-0.3, -0.25) is 4.79 Å². The number of hydrogen-bond acceptors (Lipinski definition) is 3. The van der Waals surface area contributed by atoms with Crippen molar-refractivity contribution in [1.29, 1.82) is 0 Å². The maximum atomic E-state index is 11.4. The second-order valence-corrected chi connectivity index (χ2v) is 7.20. The Balaban J connectivity index is 1.80. The van der Waals surface area contributed by atoms with Crippen LogP contribution >= 0.6 is 0 Å². The molecule has 0 aromatic carbocycles. The topological polar surface area (TPSA) is 35.5 Å². The van der Waals surface area contributed by atoms with Gasteiger partial charge < -0.3 is 9.47 Å². The van der Waals surface area contributed by atoms with Crippen LogP contribution in [0.3, 0.4) is 0 Å². The molecular weight excluding hydrogens is 288 g/mol. The third kappa shape index (κ3) is 6.29. The van der Waals surface area contributed by atoms with E-state index in [1.807, 2.05) is 0 Å². The van der Waals surface area contributed by atoms with E-state index >= 15 is 0 Å². The first-order valence-corrected chi connectivity index (χ1v) is 9.68. The van der Waals surface area contributed by atoms with Crippen LogP contribution < -0.4 is 0 Å². The Morgan fingerprint density at radius 2 is 2.00 bits per heavy atom. The highest BCUT2D eigenvalue weighted by Crippen LogP contribution is 2.38. The van der Waals surface area contributed by atoms with Gasteiger partial charge in [-0.25, -0.2) is 0 Å². The Morgan fingerprint density at radius 1 is 1.17 bits per heavy atom. The summed E-state index contributed by atoms with van der Waals surface area (Å²) in [5.74, 6) is 0.406. The molecule has 2 aliphatic rings. The number of carbonyl (C=O) groups is 1. The zero-order chi connectivity index (χ0) is 16.5. The molecule has 0 aromatic rings. The zero-order valence-electron chi connectivity index (χ0n) is 15.0. The summed E-state index contributed by atoms with van der Waals surface area (Å²) in [6, 6.07) is 0. The molecule has 3 heteroatoms. The lowest BCUT2D eigenvalue weighted by atomic mass is 9.79. The smallest absolute Gasteiger partial charge is 0.302 e. The van der Waals surface area contributed by atoms with E-state index in [1.165, 1.54) is 58.3 Å². The average Bonchev–Trinajstić information content (AvgIpc) is 2.53. The van der Waals surface area contributed by atoms with Gasteiger partial charge in [0.05, 0.1) is 12.2 Å². The largest absolute Gasteiger partial charge is 0.460 e. The summed E-state index contributed by atoms with van der Waals surface area (Å²) < 4.78 is 11.9. The second-order valence-electron chi connectivity index (χ2n) is 7.20. The molecule has 0 radical (unpaired) electrons. The number of unbranched alkanes of at least 4 members (excludes halogenated alkanes) is 4. The Morgan fingerprint density at radius 3 is 2.78 bits per heavy atom. The van der Waals surface area contributed by atoms with Gasteiger partial charge in [-0.15, -0.1) is 0 Å². The highest BCUT2D eigenvalue weighted by atomic mass is 16.6. The number of fused-ring (bicyclic) bond motifs is 1. The Kier molecular flexibility index (Phi) is 8.14. The van der Waals surface area contributed by atoms with Crippen molar-refractivity contribution < 1.29 is 14.3 Å². The molecule has 3 nitrogen and oxygen atoms in total. The Labute approximate surface area is 141 Å². The molecule has 0 amide bonds. The van der Waals surface area contributed by atoms with Crippen LogP contribution in [0.2, 0.25) is 0 Å². The van der Waals surface area contributed by atoms with Gasteiger partial charge in [-0.1, -0.05) is 51.2 Å². The van der Waals surface area contributed by atoms with E-state index in [1.54, 1.807) is 0 Å². The van der Waals surface area contributed by atoms with Crippen molar-refractivity contribution in [2.75, 3.05) is 0 Å². The minimum atomic E-state index is -0.179. The molecule has 1 saturated carbocycles. The summed E-state index contributed by atoms with van der Waals surface area (Å²) in [6.45, 7) is 3.75. The van der Waals surface area contributed by atoms with Crippen LogP contribution in [0.4, 0.5) is 0 Å². The van der Waals surface area contributed by atoms with Crippen molar-refractivity contribution in [2.45, 2.75) is 103 Å². The summed E-state index contributed by atoms with van der Waals surface area (Å²) in [4.78, 5) is 11.4. The maximum Gasteiger partial charge on any atom is 0.302 e. The summed E-state index contributed by atoms with van der Waals surface area (Å²) >= 11 is 0. The SMILES string of the molecule is CCCCCC/C=C/C[C@@H]1O[C@@H]2CCCC[C@H]2C[C@H]1OC(C)=O. The predicted molar refractivity (Wildman–Crippen MR) is 93.3 cm³/mol. The third-order valence-corrected chi connectivity index (χ3v) is 5.22. The predicted octanol–water partition coefficient (Wildman–Crippen LogP) is 5.18. The highest BCUT2D eigenvalue weighted by molar-refractivity contribution is 5.66. The quantitative estimate of drug-likeness (QED) is 0.351. The molecule has 1 saturated heterocycles. The Bertz CT molecular complexity index is 377. The fourth-order valence-corrected chi connectivity index (χ4v) is 3.97. The number of hydrogen-bond donors (Lipinski definition) is 0. The number of ether oxygens (including phenoxy) is 2. The van der Waals surface area contributed by atoms with Gasteiger partial charge in [-0.05, 0) is 44.4 Å². The number of allylic oxidation sites excluding steroid dienone is 1. The summed E-state index contributed by atoms with van der Waals surface area (Å²) in [6.07, 6.45) is 18.1. The maximum absolute atomic E-state index is 11.4. The lowest BCUT2D eigenvalue weighted by molar-refractivity contribution is -0.183. The lowest BCUT2D eigenvalue weighted by Crippen LogP contribution is -2.47. The van der Waals surface area contributed by atoms with Gasteiger partial charge in [0.15, 0.2) is 0 Å². The molecule has 1 aliphatic carbocycles. The van der Waals surface area contributed by atoms with E-state index in [2.05, 4.69) is 19.1 Å². The fourth-order valence-electron chi connectivity index (χ4n) is 3.97. The van der Waals surface area contributed by atoms with Gasteiger partial charge in [0.2, 0.25) is 0 Å². The van der Waals surface area contributed by atoms with Crippen LogP contribution in [0.15, 0.2) is 12.2 Å². The van der Waals surface area contributed by atoms with E-state index in [4.69, 9.17) is 9.47 Å². The van der Waals surface area contributed by atoms with E-state index in [0.29, 0.717) is 12.0 Å². The van der Waals surface area contributed by atoms with Gasteiger partial charge in [0, 0.05) is 6.92 Å². The molecule has 2 fully saturated rings. The van der Waals surface area contributed by atoms with Crippen LogP contribution in [-0.2, 0) is 14.3 Å². The normalized spacial score (nSPS) is 31.0. The van der Waals surface area contributed by atoms with Crippen molar-refractivity contribution in [3.05, 3.63) is 12.2 Å². The lowest BCUT2D eigenvalue weighted by Gasteiger charge is -2.43. The van der Waals surface area contributed by atoms with E-state index in [0.717, 1.165) is 19.3 Å². The summed E-state index contributed by atoms with van der Waals surface area (Å²) in [5.41, 5.74) is 0.